The van der Waals surface area contributed by atoms with Gasteiger partial charge < -0.3 is 15.8 Å². The summed E-state index contributed by atoms with van der Waals surface area (Å²) in [6, 6.07) is 6.39. The predicted octanol–water partition coefficient (Wildman–Crippen LogP) is 4.88. The zero-order valence-corrected chi connectivity index (χ0v) is 13.3. The number of nitrogen functional groups attached to an aromatic ring is 1. The molecule has 0 unspecified atom stereocenters. The molecule has 0 aliphatic carbocycles. The van der Waals surface area contributed by atoms with Crippen LogP contribution in [0.3, 0.4) is 0 Å². The maximum Gasteiger partial charge on any atom is 0.143 e. The van der Waals surface area contributed by atoms with Crippen molar-refractivity contribution in [3.8, 4) is 5.75 Å². The minimum atomic E-state index is -0.410. The van der Waals surface area contributed by atoms with Crippen molar-refractivity contribution in [3.63, 3.8) is 0 Å². The Morgan fingerprint density at radius 1 is 1.25 bits per heavy atom. The van der Waals surface area contributed by atoms with Crippen LogP contribution in [0.1, 0.15) is 5.56 Å². The molecule has 0 bridgehead atoms. The molecule has 2 aromatic rings. The number of methoxy groups -OCH3 is 1. The molecular weight excluding hydrogens is 347 g/mol. The molecule has 0 spiro atoms. The number of halogens is 3. The van der Waals surface area contributed by atoms with E-state index < -0.39 is 5.82 Å². The van der Waals surface area contributed by atoms with E-state index in [-0.39, 0.29) is 0 Å². The van der Waals surface area contributed by atoms with Gasteiger partial charge in [0.15, 0.2) is 0 Å². The van der Waals surface area contributed by atoms with E-state index in [1.54, 1.807) is 19.2 Å². The smallest absolute Gasteiger partial charge is 0.143 e. The van der Waals surface area contributed by atoms with Gasteiger partial charge >= 0.3 is 0 Å². The maximum absolute atomic E-state index is 13.4. The van der Waals surface area contributed by atoms with Crippen molar-refractivity contribution in [2.24, 2.45) is 0 Å². The van der Waals surface area contributed by atoms with Crippen LogP contribution in [0.5, 0.6) is 5.75 Å². The Hall–Kier alpha value is -1.46. The third kappa shape index (κ3) is 2.99. The van der Waals surface area contributed by atoms with E-state index in [1.807, 2.05) is 13.0 Å². The highest BCUT2D eigenvalue weighted by atomic mass is 79.9. The summed E-state index contributed by atoms with van der Waals surface area (Å²) >= 11 is 9.19. The largest absolute Gasteiger partial charge is 0.495 e. The van der Waals surface area contributed by atoms with E-state index in [4.69, 9.17) is 22.1 Å². The van der Waals surface area contributed by atoms with Crippen LogP contribution >= 0.6 is 27.5 Å². The minimum Gasteiger partial charge on any atom is -0.495 e. The van der Waals surface area contributed by atoms with E-state index >= 15 is 0 Å². The summed E-state index contributed by atoms with van der Waals surface area (Å²) in [6.07, 6.45) is 0. The van der Waals surface area contributed by atoms with Crippen LogP contribution in [-0.4, -0.2) is 7.11 Å². The second-order valence-electron chi connectivity index (χ2n) is 4.28. The van der Waals surface area contributed by atoms with Gasteiger partial charge in [-0.05, 0) is 40.5 Å². The fourth-order valence-electron chi connectivity index (χ4n) is 1.75. The first-order valence-electron chi connectivity index (χ1n) is 5.78. The van der Waals surface area contributed by atoms with Crippen LogP contribution in [0.4, 0.5) is 21.5 Å². The van der Waals surface area contributed by atoms with Gasteiger partial charge in [0.1, 0.15) is 11.6 Å². The van der Waals surface area contributed by atoms with Gasteiger partial charge in [-0.15, -0.1) is 0 Å². The lowest BCUT2D eigenvalue weighted by Gasteiger charge is -2.15. The van der Waals surface area contributed by atoms with Crippen molar-refractivity contribution in [3.05, 3.63) is 45.1 Å². The molecule has 20 heavy (non-hydrogen) atoms. The molecule has 0 aliphatic rings. The first-order chi connectivity index (χ1) is 9.42. The Morgan fingerprint density at radius 2 is 1.95 bits per heavy atom. The number of anilines is 3. The lowest BCUT2D eigenvalue weighted by molar-refractivity contribution is 0.417. The first-order valence-corrected chi connectivity index (χ1v) is 6.95. The van der Waals surface area contributed by atoms with Gasteiger partial charge in [0, 0.05) is 17.2 Å². The Bertz CT molecular complexity index is 664. The molecule has 106 valence electrons. The highest BCUT2D eigenvalue weighted by Crippen LogP contribution is 2.35. The summed E-state index contributed by atoms with van der Waals surface area (Å²) in [5.41, 5.74) is 8.30. The zero-order valence-electron chi connectivity index (χ0n) is 10.9. The average molecular weight is 360 g/mol. The molecule has 0 aromatic heterocycles. The Kier molecular flexibility index (Phi) is 4.40. The van der Waals surface area contributed by atoms with Gasteiger partial charge in [-0.3, -0.25) is 0 Å². The minimum absolute atomic E-state index is 0.306. The molecule has 0 fully saturated rings. The highest BCUT2D eigenvalue weighted by molar-refractivity contribution is 9.10. The van der Waals surface area contributed by atoms with Crippen molar-refractivity contribution in [1.29, 1.82) is 0 Å². The second kappa shape index (κ2) is 5.89. The van der Waals surface area contributed by atoms with Crippen LogP contribution in [-0.2, 0) is 0 Å². The van der Waals surface area contributed by atoms with E-state index in [0.717, 1.165) is 5.56 Å². The molecule has 3 nitrogen and oxygen atoms in total. The molecule has 0 radical (unpaired) electrons. The molecule has 0 saturated heterocycles. The quantitative estimate of drug-likeness (QED) is 0.768. The molecule has 3 N–H and O–H groups in total. The van der Waals surface area contributed by atoms with Crippen LogP contribution in [0.25, 0.3) is 0 Å². The molecule has 0 saturated carbocycles. The number of hydrogen-bond donors (Lipinski definition) is 2. The monoisotopic (exact) mass is 358 g/mol. The number of nitrogens with one attached hydrogen (secondary N) is 1. The molecule has 2 rings (SSSR count). The summed E-state index contributed by atoms with van der Waals surface area (Å²) in [5.74, 6) is 0.174. The second-order valence-corrected chi connectivity index (χ2v) is 5.54. The normalized spacial score (nSPS) is 10.4. The molecule has 6 heteroatoms. The Labute approximate surface area is 130 Å². The third-order valence-electron chi connectivity index (χ3n) is 2.84. The molecule has 2 aromatic carbocycles. The summed E-state index contributed by atoms with van der Waals surface area (Å²) in [5, 5.41) is 3.73. The van der Waals surface area contributed by atoms with Crippen LogP contribution in [0.2, 0.25) is 5.02 Å². The van der Waals surface area contributed by atoms with Crippen molar-refractivity contribution < 1.29 is 9.13 Å². The highest BCUT2D eigenvalue weighted by Gasteiger charge is 2.11. The van der Waals surface area contributed by atoms with Crippen molar-refractivity contribution in [1.82, 2.24) is 0 Å². The Morgan fingerprint density at radius 3 is 2.60 bits per heavy atom. The van der Waals surface area contributed by atoms with Gasteiger partial charge in [0.2, 0.25) is 0 Å². The van der Waals surface area contributed by atoms with Gasteiger partial charge in [-0.25, -0.2) is 4.39 Å². The lowest BCUT2D eigenvalue weighted by atomic mass is 10.2. The summed E-state index contributed by atoms with van der Waals surface area (Å²) in [7, 11) is 1.55. The standard InChI is InChI=1S/C14H13BrClFN2O/c1-7-3-13(14(20-2)5-9(7)16)19-12-4-8(15)10(17)6-11(12)18/h3-6,19H,18H2,1-2H3. The van der Waals surface area contributed by atoms with Crippen LogP contribution in [0.15, 0.2) is 28.7 Å². The summed E-state index contributed by atoms with van der Waals surface area (Å²) < 4.78 is 19.0. The average Bonchev–Trinajstić information content (AvgIpc) is 2.39. The van der Waals surface area contributed by atoms with E-state index in [2.05, 4.69) is 21.2 Å². The van der Waals surface area contributed by atoms with Gasteiger partial charge in [-0.2, -0.15) is 0 Å². The fraction of sp³-hybridized carbons (Fsp3) is 0.143. The molecular formula is C14H13BrClFN2O. The molecule has 0 atom stereocenters. The molecule has 0 aliphatic heterocycles. The third-order valence-corrected chi connectivity index (χ3v) is 3.86. The number of rotatable bonds is 3. The molecule has 0 amide bonds. The topological polar surface area (TPSA) is 47.3 Å². The predicted molar refractivity (Wildman–Crippen MR) is 84.5 cm³/mol. The van der Waals surface area contributed by atoms with Crippen molar-refractivity contribution in [2.45, 2.75) is 6.92 Å². The van der Waals surface area contributed by atoms with Crippen LogP contribution in [0, 0.1) is 12.7 Å². The number of aryl methyl sites for hydroxylation is 1. The molecule has 0 heterocycles. The van der Waals surface area contributed by atoms with Crippen molar-refractivity contribution in [2.75, 3.05) is 18.2 Å². The number of nitrogens with two attached hydrogens (primary N) is 1. The lowest BCUT2D eigenvalue weighted by Crippen LogP contribution is -2.00. The van der Waals surface area contributed by atoms with E-state index in [9.17, 15) is 4.39 Å². The SMILES string of the molecule is COc1cc(Cl)c(C)cc1Nc1cc(Br)c(F)cc1N. The van der Waals surface area contributed by atoms with Gasteiger partial charge in [0.05, 0.1) is 28.6 Å². The zero-order chi connectivity index (χ0) is 14.9. The van der Waals surface area contributed by atoms with Crippen LogP contribution < -0.4 is 15.8 Å². The summed E-state index contributed by atoms with van der Waals surface area (Å²) in [4.78, 5) is 0. The number of benzene rings is 2. The van der Waals surface area contributed by atoms with Gasteiger partial charge in [-0.1, -0.05) is 11.6 Å². The van der Waals surface area contributed by atoms with E-state index in [1.165, 1.54) is 6.07 Å². The Balaban J connectivity index is 2.44. The number of hydrogen-bond acceptors (Lipinski definition) is 3. The summed E-state index contributed by atoms with van der Waals surface area (Å²) in [6.45, 7) is 1.89. The number of ether oxygens (including phenoxy) is 1. The van der Waals surface area contributed by atoms with Gasteiger partial charge in [0.25, 0.3) is 0 Å². The first kappa shape index (κ1) is 14.9. The van der Waals surface area contributed by atoms with E-state index in [0.29, 0.717) is 32.3 Å². The maximum atomic E-state index is 13.4. The van der Waals surface area contributed by atoms with Crippen molar-refractivity contribution >= 4 is 44.6 Å². The fourth-order valence-corrected chi connectivity index (χ4v) is 2.24.